The van der Waals surface area contributed by atoms with E-state index in [1.54, 1.807) is 0 Å². The third kappa shape index (κ3) is 2.43. The molecule has 15 heavy (non-hydrogen) atoms. The van der Waals surface area contributed by atoms with Gasteiger partial charge in [0.1, 0.15) is 12.1 Å². The molecule has 0 saturated carbocycles. The standard InChI is InChI=1S/C11H12N4/c1-8-5-11(14-7-13-8)15-10-4-2-3-9(12)6-10/h2-7H,12H2,1H3,(H,13,14,15). The van der Waals surface area contributed by atoms with Crippen LogP contribution in [0.2, 0.25) is 0 Å². The second kappa shape index (κ2) is 3.96. The summed E-state index contributed by atoms with van der Waals surface area (Å²) in [6.07, 6.45) is 1.53. The van der Waals surface area contributed by atoms with E-state index in [-0.39, 0.29) is 0 Å². The van der Waals surface area contributed by atoms with Crippen LogP contribution in [0.5, 0.6) is 0 Å². The number of aryl methyl sites for hydroxylation is 1. The maximum Gasteiger partial charge on any atom is 0.133 e. The Bertz CT molecular complexity index is 424. The van der Waals surface area contributed by atoms with Gasteiger partial charge in [0.05, 0.1) is 0 Å². The summed E-state index contributed by atoms with van der Waals surface area (Å²) in [7, 11) is 0. The lowest BCUT2D eigenvalue weighted by Gasteiger charge is -2.05. The number of hydrogen-bond acceptors (Lipinski definition) is 4. The van der Waals surface area contributed by atoms with Crippen LogP contribution >= 0.6 is 0 Å². The maximum atomic E-state index is 5.67. The van der Waals surface area contributed by atoms with E-state index in [9.17, 15) is 0 Å². The second-order valence-corrected chi connectivity index (χ2v) is 3.30. The molecule has 3 N–H and O–H groups in total. The maximum absolute atomic E-state index is 5.67. The van der Waals surface area contributed by atoms with E-state index < -0.39 is 0 Å². The molecule has 4 heteroatoms. The molecule has 2 aromatic rings. The highest BCUT2D eigenvalue weighted by Gasteiger charge is 1.96. The molecule has 0 radical (unpaired) electrons. The first-order valence-corrected chi connectivity index (χ1v) is 4.65. The lowest BCUT2D eigenvalue weighted by Crippen LogP contribution is -1.95. The van der Waals surface area contributed by atoms with E-state index >= 15 is 0 Å². The molecule has 1 aromatic heterocycles. The Morgan fingerprint density at radius 2 is 2.07 bits per heavy atom. The third-order valence-electron chi connectivity index (χ3n) is 1.96. The largest absolute Gasteiger partial charge is 0.399 e. The number of benzene rings is 1. The van der Waals surface area contributed by atoms with Crippen molar-refractivity contribution in [3.05, 3.63) is 42.4 Å². The van der Waals surface area contributed by atoms with Gasteiger partial charge in [-0.05, 0) is 25.1 Å². The van der Waals surface area contributed by atoms with Crippen molar-refractivity contribution in [2.75, 3.05) is 11.1 Å². The zero-order valence-corrected chi connectivity index (χ0v) is 8.44. The average molecular weight is 200 g/mol. The van der Waals surface area contributed by atoms with Crippen molar-refractivity contribution in [2.24, 2.45) is 0 Å². The molecule has 0 aliphatic rings. The van der Waals surface area contributed by atoms with Gasteiger partial charge in [0.25, 0.3) is 0 Å². The molecule has 0 saturated heterocycles. The van der Waals surface area contributed by atoms with Crippen LogP contribution in [0.15, 0.2) is 36.7 Å². The van der Waals surface area contributed by atoms with Gasteiger partial charge in [-0.2, -0.15) is 0 Å². The van der Waals surface area contributed by atoms with Crippen LogP contribution in [0, 0.1) is 6.92 Å². The molecule has 0 atom stereocenters. The van der Waals surface area contributed by atoms with Crippen LogP contribution in [0.25, 0.3) is 0 Å². The highest BCUT2D eigenvalue weighted by Crippen LogP contribution is 2.16. The first-order valence-electron chi connectivity index (χ1n) is 4.65. The molecule has 0 fully saturated rings. The van der Waals surface area contributed by atoms with Gasteiger partial charge in [-0.15, -0.1) is 0 Å². The quantitative estimate of drug-likeness (QED) is 0.729. The van der Waals surface area contributed by atoms with E-state index in [1.807, 2.05) is 37.3 Å². The smallest absolute Gasteiger partial charge is 0.133 e. The Kier molecular flexibility index (Phi) is 2.49. The van der Waals surface area contributed by atoms with Crippen LogP contribution in [0.1, 0.15) is 5.69 Å². The van der Waals surface area contributed by atoms with E-state index in [0.717, 1.165) is 22.9 Å². The van der Waals surface area contributed by atoms with Crippen LogP contribution in [0.3, 0.4) is 0 Å². The molecule has 4 nitrogen and oxygen atoms in total. The van der Waals surface area contributed by atoms with Gasteiger partial charge in [-0.1, -0.05) is 6.07 Å². The second-order valence-electron chi connectivity index (χ2n) is 3.30. The van der Waals surface area contributed by atoms with Gasteiger partial charge in [-0.3, -0.25) is 0 Å². The van der Waals surface area contributed by atoms with Gasteiger partial charge in [0.15, 0.2) is 0 Å². The number of nitrogens with one attached hydrogen (secondary N) is 1. The number of anilines is 3. The summed E-state index contributed by atoms with van der Waals surface area (Å²) in [4.78, 5) is 8.12. The topological polar surface area (TPSA) is 63.8 Å². The number of nitrogen functional groups attached to an aromatic ring is 1. The van der Waals surface area contributed by atoms with E-state index in [2.05, 4.69) is 15.3 Å². The molecule has 0 amide bonds. The highest BCUT2D eigenvalue weighted by molar-refractivity contribution is 5.61. The van der Waals surface area contributed by atoms with Crippen LogP contribution < -0.4 is 11.1 Å². The fourth-order valence-corrected chi connectivity index (χ4v) is 1.29. The lowest BCUT2D eigenvalue weighted by atomic mass is 10.3. The molecule has 76 valence electrons. The summed E-state index contributed by atoms with van der Waals surface area (Å²) < 4.78 is 0. The molecule has 0 aliphatic heterocycles. The Labute approximate surface area is 88.2 Å². The minimum atomic E-state index is 0.728. The van der Waals surface area contributed by atoms with Crippen molar-refractivity contribution < 1.29 is 0 Å². The Balaban J connectivity index is 2.22. The number of rotatable bonds is 2. The Hall–Kier alpha value is -2.10. The minimum Gasteiger partial charge on any atom is -0.399 e. The fraction of sp³-hybridized carbons (Fsp3) is 0.0909. The van der Waals surface area contributed by atoms with Crippen molar-refractivity contribution in [1.82, 2.24) is 9.97 Å². The summed E-state index contributed by atoms with van der Waals surface area (Å²) in [5.41, 5.74) is 8.25. The van der Waals surface area contributed by atoms with Crippen molar-refractivity contribution in [3.8, 4) is 0 Å². The molecule has 0 aliphatic carbocycles. The van der Waals surface area contributed by atoms with Crippen molar-refractivity contribution in [2.45, 2.75) is 6.92 Å². The van der Waals surface area contributed by atoms with Gasteiger partial charge < -0.3 is 11.1 Å². The van der Waals surface area contributed by atoms with E-state index in [0.29, 0.717) is 0 Å². The fourth-order valence-electron chi connectivity index (χ4n) is 1.29. The molecule has 2 rings (SSSR count). The lowest BCUT2D eigenvalue weighted by molar-refractivity contribution is 1.10. The van der Waals surface area contributed by atoms with Crippen molar-refractivity contribution >= 4 is 17.2 Å². The number of aromatic nitrogens is 2. The number of hydrogen-bond donors (Lipinski definition) is 2. The van der Waals surface area contributed by atoms with Gasteiger partial charge >= 0.3 is 0 Å². The summed E-state index contributed by atoms with van der Waals surface area (Å²) in [6.45, 7) is 1.92. The van der Waals surface area contributed by atoms with Crippen LogP contribution in [-0.4, -0.2) is 9.97 Å². The molecule has 1 aromatic carbocycles. The molecular weight excluding hydrogens is 188 g/mol. The highest BCUT2D eigenvalue weighted by atomic mass is 15.0. The average Bonchev–Trinajstić information content (AvgIpc) is 2.17. The first-order chi connectivity index (χ1) is 7.24. The normalized spacial score (nSPS) is 9.93. The van der Waals surface area contributed by atoms with E-state index in [1.165, 1.54) is 6.33 Å². The molecule has 0 bridgehead atoms. The summed E-state index contributed by atoms with van der Waals surface area (Å²) in [5, 5.41) is 3.15. The first kappa shape index (κ1) is 9.45. The number of nitrogens with two attached hydrogens (primary N) is 1. The predicted molar refractivity (Wildman–Crippen MR) is 60.9 cm³/mol. The van der Waals surface area contributed by atoms with Gasteiger partial charge in [0.2, 0.25) is 0 Å². The van der Waals surface area contributed by atoms with Crippen LogP contribution in [-0.2, 0) is 0 Å². The number of nitrogens with zero attached hydrogens (tertiary/aromatic N) is 2. The Morgan fingerprint density at radius 1 is 1.20 bits per heavy atom. The third-order valence-corrected chi connectivity index (χ3v) is 1.96. The Morgan fingerprint density at radius 3 is 2.80 bits per heavy atom. The molecule has 0 unspecified atom stereocenters. The summed E-state index contributed by atoms with van der Waals surface area (Å²) in [5.74, 6) is 0.771. The van der Waals surface area contributed by atoms with Gasteiger partial charge in [-0.25, -0.2) is 9.97 Å². The zero-order chi connectivity index (χ0) is 10.7. The molecule has 1 heterocycles. The van der Waals surface area contributed by atoms with E-state index in [4.69, 9.17) is 5.73 Å². The van der Waals surface area contributed by atoms with Crippen LogP contribution in [0.4, 0.5) is 17.2 Å². The minimum absolute atomic E-state index is 0.728. The SMILES string of the molecule is Cc1cc(Nc2cccc(N)c2)ncn1. The van der Waals surface area contributed by atoms with Crippen molar-refractivity contribution in [1.29, 1.82) is 0 Å². The summed E-state index contributed by atoms with van der Waals surface area (Å²) >= 11 is 0. The molecular formula is C11H12N4. The predicted octanol–water partition coefficient (Wildman–Crippen LogP) is 2.11. The zero-order valence-electron chi connectivity index (χ0n) is 8.44. The summed E-state index contributed by atoms with van der Waals surface area (Å²) in [6, 6.07) is 9.41. The van der Waals surface area contributed by atoms with Gasteiger partial charge in [0, 0.05) is 23.1 Å². The van der Waals surface area contributed by atoms with Crippen molar-refractivity contribution in [3.63, 3.8) is 0 Å². The monoisotopic (exact) mass is 200 g/mol. The molecule has 0 spiro atoms.